The summed E-state index contributed by atoms with van der Waals surface area (Å²) in [7, 11) is -8.20. The fraction of sp³-hybridized carbons (Fsp3) is 0.667. The van der Waals surface area contributed by atoms with Crippen LogP contribution in [0.1, 0.15) is 19.0 Å². The van der Waals surface area contributed by atoms with E-state index >= 15 is 0 Å². The first-order chi connectivity index (χ1) is 9.49. The van der Waals surface area contributed by atoms with Gasteiger partial charge in [-0.3, -0.25) is 10.1 Å². The first-order valence-electron chi connectivity index (χ1n) is 5.94. The van der Waals surface area contributed by atoms with Crippen LogP contribution in [-0.4, -0.2) is 43.0 Å². The molecule has 0 aromatic carbocycles. The number of sulfonamides is 1. The van der Waals surface area contributed by atoms with E-state index in [1.807, 2.05) is 0 Å². The van der Waals surface area contributed by atoms with Crippen LogP contribution in [0.3, 0.4) is 0 Å². The molecule has 0 atom stereocenters. The number of primary sulfonamides is 1. The molecule has 1 aromatic rings. The fourth-order valence-corrected chi connectivity index (χ4v) is 4.73. The summed E-state index contributed by atoms with van der Waals surface area (Å²) in [5.74, 6) is -1.65. The molecular formula is C9H16N4O6S2. The van der Waals surface area contributed by atoms with Crippen LogP contribution >= 0.6 is 0 Å². The first-order valence-corrected chi connectivity index (χ1v) is 9.31. The molecule has 1 rings (SSSR count). The third-order valence-electron chi connectivity index (χ3n) is 2.60. The predicted octanol–water partition coefficient (Wildman–Crippen LogP) is -0.428. The Labute approximate surface area is 122 Å². The van der Waals surface area contributed by atoms with Gasteiger partial charge in [-0.25, -0.2) is 26.7 Å². The smallest absolute Gasteiger partial charge is 0.258 e. The molecule has 0 fully saturated rings. The summed E-state index contributed by atoms with van der Waals surface area (Å²) in [6.07, 6.45) is 0.510. The quantitative estimate of drug-likeness (QED) is 0.521. The van der Waals surface area contributed by atoms with Crippen LogP contribution in [0.15, 0.2) is 5.03 Å². The van der Waals surface area contributed by atoms with Crippen molar-refractivity contribution in [2.24, 2.45) is 5.14 Å². The number of nitrogens with zero attached hydrogens (tertiary/aromatic N) is 3. The van der Waals surface area contributed by atoms with Crippen molar-refractivity contribution in [2.75, 3.05) is 11.5 Å². The van der Waals surface area contributed by atoms with Gasteiger partial charge in [0.05, 0.1) is 16.4 Å². The van der Waals surface area contributed by atoms with Gasteiger partial charge >= 0.3 is 5.69 Å². The minimum absolute atomic E-state index is 0.0392. The minimum Gasteiger partial charge on any atom is -0.258 e. The maximum absolute atomic E-state index is 12.2. The van der Waals surface area contributed by atoms with E-state index in [1.54, 1.807) is 6.92 Å². The van der Waals surface area contributed by atoms with Crippen LogP contribution in [0.5, 0.6) is 0 Å². The molecule has 0 unspecified atom stereocenters. The summed E-state index contributed by atoms with van der Waals surface area (Å²) < 4.78 is 47.3. The molecule has 0 aliphatic carbocycles. The minimum atomic E-state index is -4.20. The summed E-state index contributed by atoms with van der Waals surface area (Å²) in [6.45, 7) is 3.24. The highest BCUT2D eigenvalue weighted by Gasteiger charge is 2.35. The van der Waals surface area contributed by atoms with Crippen LogP contribution in [0.25, 0.3) is 0 Å². The molecule has 10 nitrogen and oxygen atoms in total. The number of sulfone groups is 1. The van der Waals surface area contributed by atoms with Crippen molar-refractivity contribution in [2.45, 2.75) is 31.8 Å². The molecule has 0 amide bonds. The normalized spacial score (nSPS) is 12.5. The molecule has 0 radical (unpaired) electrons. The zero-order valence-corrected chi connectivity index (χ0v) is 13.1. The first kappa shape index (κ1) is 17.5. The van der Waals surface area contributed by atoms with Crippen LogP contribution < -0.4 is 5.14 Å². The second-order valence-electron chi connectivity index (χ2n) is 4.41. The van der Waals surface area contributed by atoms with Crippen molar-refractivity contribution < 1.29 is 21.8 Å². The number of aromatic nitrogens is 2. The van der Waals surface area contributed by atoms with E-state index in [0.29, 0.717) is 6.42 Å². The summed E-state index contributed by atoms with van der Waals surface area (Å²) >= 11 is 0. The van der Waals surface area contributed by atoms with Gasteiger partial charge in [-0.05, 0) is 13.3 Å². The van der Waals surface area contributed by atoms with E-state index in [-0.39, 0.29) is 12.2 Å². The van der Waals surface area contributed by atoms with Gasteiger partial charge in [0.15, 0.2) is 0 Å². The van der Waals surface area contributed by atoms with E-state index < -0.39 is 47.0 Å². The van der Waals surface area contributed by atoms with Crippen LogP contribution in [0.4, 0.5) is 5.69 Å². The Morgan fingerprint density at radius 2 is 1.86 bits per heavy atom. The van der Waals surface area contributed by atoms with Gasteiger partial charge in [-0.15, -0.1) is 0 Å². The van der Waals surface area contributed by atoms with E-state index in [2.05, 4.69) is 5.10 Å². The molecule has 0 saturated heterocycles. The zero-order valence-electron chi connectivity index (χ0n) is 11.5. The van der Waals surface area contributed by atoms with Gasteiger partial charge < -0.3 is 0 Å². The van der Waals surface area contributed by atoms with Gasteiger partial charge in [0.25, 0.3) is 0 Å². The zero-order chi connectivity index (χ0) is 16.4. The molecule has 0 spiro atoms. The van der Waals surface area contributed by atoms with E-state index in [9.17, 15) is 26.9 Å². The number of rotatable bonds is 7. The van der Waals surface area contributed by atoms with Gasteiger partial charge in [-0.2, -0.15) is 5.10 Å². The van der Waals surface area contributed by atoms with Gasteiger partial charge in [0.2, 0.25) is 24.9 Å². The standard InChI is InChI=1S/C9H16N4O6S2/c1-3-4-12-9(8(13(14)15)7(2)11-12)20(16,17)5-6-21(10,18)19/h3-6H2,1-2H3,(H2,10,18,19). The Hall–Kier alpha value is -1.53. The summed E-state index contributed by atoms with van der Waals surface area (Å²) in [4.78, 5) is 10.2. The van der Waals surface area contributed by atoms with Gasteiger partial charge in [0.1, 0.15) is 5.69 Å². The number of nitrogens with two attached hydrogens (primary N) is 1. The van der Waals surface area contributed by atoms with Crippen molar-refractivity contribution in [1.82, 2.24) is 9.78 Å². The van der Waals surface area contributed by atoms with Gasteiger partial charge in [-0.1, -0.05) is 6.92 Å². The molecule has 2 N–H and O–H groups in total. The summed E-state index contributed by atoms with van der Waals surface area (Å²) in [6, 6.07) is 0. The lowest BCUT2D eigenvalue weighted by Crippen LogP contribution is -2.25. The second kappa shape index (κ2) is 6.07. The Kier molecular flexibility index (Phi) is 5.07. The topological polar surface area (TPSA) is 155 Å². The van der Waals surface area contributed by atoms with Crippen LogP contribution in [0, 0.1) is 17.0 Å². The molecule has 0 aliphatic rings. The highest BCUT2D eigenvalue weighted by atomic mass is 32.2. The molecule has 120 valence electrons. The number of hydrogen-bond donors (Lipinski definition) is 1. The van der Waals surface area contributed by atoms with Crippen molar-refractivity contribution in [3.8, 4) is 0 Å². The average molecular weight is 340 g/mol. The highest BCUT2D eigenvalue weighted by molar-refractivity contribution is 7.94. The summed E-state index contributed by atoms with van der Waals surface area (Å²) in [5, 5.41) is 19.1. The highest BCUT2D eigenvalue weighted by Crippen LogP contribution is 2.28. The third-order valence-corrected chi connectivity index (χ3v) is 5.37. The van der Waals surface area contributed by atoms with E-state index in [4.69, 9.17) is 5.14 Å². The molecule has 1 heterocycles. The third kappa shape index (κ3) is 4.22. The Morgan fingerprint density at radius 1 is 1.29 bits per heavy atom. The molecule has 0 bridgehead atoms. The Bertz CT molecular complexity index is 749. The van der Waals surface area contributed by atoms with Crippen molar-refractivity contribution in [1.29, 1.82) is 0 Å². The van der Waals surface area contributed by atoms with Gasteiger partial charge in [0, 0.05) is 6.54 Å². The number of aryl methyl sites for hydroxylation is 2. The Morgan fingerprint density at radius 3 is 2.29 bits per heavy atom. The lowest BCUT2D eigenvalue weighted by Gasteiger charge is -2.06. The molecule has 0 aliphatic heterocycles. The Balaban J connectivity index is 3.41. The van der Waals surface area contributed by atoms with Crippen molar-refractivity contribution in [3.63, 3.8) is 0 Å². The fourth-order valence-electron chi connectivity index (χ4n) is 1.75. The monoisotopic (exact) mass is 340 g/mol. The lowest BCUT2D eigenvalue weighted by molar-refractivity contribution is -0.388. The second-order valence-corrected chi connectivity index (χ2v) is 8.16. The molecule has 1 aromatic heterocycles. The van der Waals surface area contributed by atoms with E-state index in [0.717, 1.165) is 4.68 Å². The predicted molar refractivity (Wildman–Crippen MR) is 73.9 cm³/mol. The number of hydrogen-bond acceptors (Lipinski definition) is 7. The molecule has 21 heavy (non-hydrogen) atoms. The lowest BCUT2D eigenvalue weighted by atomic mass is 10.4. The van der Waals surface area contributed by atoms with E-state index in [1.165, 1.54) is 6.92 Å². The SMILES string of the molecule is CCCn1nc(C)c([N+](=O)[O-])c1S(=O)(=O)CCS(N)(=O)=O. The van der Waals surface area contributed by atoms with Crippen LogP contribution in [-0.2, 0) is 26.4 Å². The molecular weight excluding hydrogens is 324 g/mol. The van der Waals surface area contributed by atoms with Crippen molar-refractivity contribution >= 4 is 25.5 Å². The number of nitro groups is 1. The van der Waals surface area contributed by atoms with Crippen LogP contribution in [0.2, 0.25) is 0 Å². The maximum atomic E-state index is 12.2. The molecule has 12 heteroatoms. The largest absolute Gasteiger partial charge is 0.328 e. The average Bonchev–Trinajstić information content (AvgIpc) is 2.64. The van der Waals surface area contributed by atoms with Crippen molar-refractivity contribution in [3.05, 3.63) is 15.8 Å². The maximum Gasteiger partial charge on any atom is 0.328 e. The summed E-state index contributed by atoms with van der Waals surface area (Å²) in [5.41, 5.74) is -0.666. The molecule has 0 saturated carbocycles.